The van der Waals surface area contributed by atoms with Crippen LogP contribution in [0.1, 0.15) is 15.9 Å². The largest absolute Gasteiger partial charge is 0.493 e. The standard InChI is InChI=1S/C22H21F2N3O5S/c1-27(26-11-15-14-4-3-5-16(23)20(14)33-21(15)24)19(29)12-25-22(30)13-6-7-17(32-9-8-28)18(10-13)31-2/h3-7,10-11,28H,8-9,12H2,1-2H3,(H,25,30)/b26-11+. The normalized spacial score (nSPS) is 11.1. The Hall–Kier alpha value is -3.57. The Morgan fingerprint density at radius 3 is 2.76 bits per heavy atom. The van der Waals surface area contributed by atoms with E-state index in [1.165, 1.54) is 44.5 Å². The fourth-order valence-corrected chi connectivity index (χ4v) is 3.77. The van der Waals surface area contributed by atoms with Crippen LogP contribution in [0, 0.1) is 10.9 Å². The molecule has 0 atom stereocenters. The van der Waals surface area contributed by atoms with Crippen molar-refractivity contribution in [2.45, 2.75) is 0 Å². The van der Waals surface area contributed by atoms with E-state index in [0.29, 0.717) is 28.2 Å². The monoisotopic (exact) mass is 477 g/mol. The maximum Gasteiger partial charge on any atom is 0.261 e. The molecule has 0 spiro atoms. The Kier molecular flexibility index (Phi) is 7.91. The molecule has 0 aliphatic heterocycles. The smallest absolute Gasteiger partial charge is 0.261 e. The van der Waals surface area contributed by atoms with E-state index >= 15 is 0 Å². The van der Waals surface area contributed by atoms with E-state index in [-0.39, 0.29) is 35.6 Å². The second-order valence-corrected chi connectivity index (χ2v) is 7.66. The highest BCUT2D eigenvalue weighted by Crippen LogP contribution is 2.31. The molecule has 2 N–H and O–H groups in total. The quantitative estimate of drug-likeness (QED) is 0.365. The summed E-state index contributed by atoms with van der Waals surface area (Å²) in [6, 6.07) is 8.72. The van der Waals surface area contributed by atoms with Crippen molar-refractivity contribution in [1.82, 2.24) is 10.3 Å². The van der Waals surface area contributed by atoms with Crippen molar-refractivity contribution in [2.75, 3.05) is 33.9 Å². The van der Waals surface area contributed by atoms with Gasteiger partial charge in [0, 0.05) is 23.6 Å². The predicted molar refractivity (Wildman–Crippen MR) is 120 cm³/mol. The van der Waals surface area contributed by atoms with Crippen molar-refractivity contribution in [3.63, 3.8) is 0 Å². The zero-order valence-electron chi connectivity index (χ0n) is 17.8. The maximum absolute atomic E-state index is 14.2. The van der Waals surface area contributed by atoms with Crippen LogP contribution >= 0.6 is 11.3 Å². The Bertz CT molecular complexity index is 1200. The summed E-state index contributed by atoms with van der Waals surface area (Å²) in [5.41, 5.74) is 0.310. The number of halogens is 2. The molecule has 0 saturated heterocycles. The lowest BCUT2D eigenvalue weighted by atomic mass is 10.2. The summed E-state index contributed by atoms with van der Waals surface area (Å²) >= 11 is 0.660. The fourth-order valence-electron chi connectivity index (χ4n) is 2.86. The minimum atomic E-state index is -0.617. The molecule has 174 valence electrons. The van der Waals surface area contributed by atoms with Gasteiger partial charge in [-0.3, -0.25) is 9.59 Å². The van der Waals surface area contributed by atoms with Crippen LogP contribution in [0.25, 0.3) is 10.1 Å². The number of methoxy groups -OCH3 is 1. The Morgan fingerprint density at radius 2 is 2.03 bits per heavy atom. The molecule has 1 aromatic heterocycles. The van der Waals surface area contributed by atoms with Crippen LogP contribution in [-0.2, 0) is 4.79 Å². The molecule has 33 heavy (non-hydrogen) atoms. The number of hydrogen-bond donors (Lipinski definition) is 2. The molecule has 0 unspecified atom stereocenters. The van der Waals surface area contributed by atoms with E-state index in [2.05, 4.69) is 10.4 Å². The fraction of sp³-hybridized carbons (Fsp3) is 0.227. The Morgan fingerprint density at radius 1 is 1.24 bits per heavy atom. The number of fused-ring (bicyclic) bond motifs is 1. The maximum atomic E-state index is 14.2. The average molecular weight is 477 g/mol. The third-order valence-electron chi connectivity index (χ3n) is 4.56. The van der Waals surface area contributed by atoms with Crippen molar-refractivity contribution in [3.8, 4) is 11.5 Å². The van der Waals surface area contributed by atoms with Crippen molar-refractivity contribution in [2.24, 2.45) is 5.10 Å². The number of hydrazone groups is 1. The number of nitrogens with zero attached hydrogens (tertiary/aromatic N) is 2. The van der Waals surface area contributed by atoms with Crippen LogP contribution < -0.4 is 14.8 Å². The van der Waals surface area contributed by atoms with Crippen LogP contribution in [0.4, 0.5) is 8.78 Å². The number of carbonyl (C=O) groups excluding carboxylic acids is 2. The predicted octanol–water partition coefficient (Wildman–Crippen LogP) is 2.78. The summed E-state index contributed by atoms with van der Waals surface area (Å²) < 4.78 is 38.7. The van der Waals surface area contributed by atoms with Crippen LogP contribution in [0.5, 0.6) is 11.5 Å². The minimum absolute atomic E-state index is 0.0727. The van der Waals surface area contributed by atoms with Crippen molar-refractivity contribution in [1.29, 1.82) is 0 Å². The second kappa shape index (κ2) is 10.8. The summed E-state index contributed by atoms with van der Waals surface area (Å²) in [7, 11) is 2.77. The zero-order valence-corrected chi connectivity index (χ0v) is 18.6. The summed E-state index contributed by atoms with van der Waals surface area (Å²) in [5, 5.41) is 15.9. The molecule has 0 bridgehead atoms. The molecule has 0 fully saturated rings. The highest BCUT2D eigenvalue weighted by molar-refractivity contribution is 7.17. The van der Waals surface area contributed by atoms with E-state index in [1.807, 2.05) is 0 Å². The van der Waals surface area contributed by atoms with Crippen LogP contribution in [0.15, 0.2) is 41.5 Å². The Balaban J connectivity index is 1.62. The number of rotatable bonds is 9. The molecule has 1 heterocycles. The van der Waals surface area contributed by atoms with Gasteiger partial charge in [0.15, 0.2) is 16.6 Å². The summed E-state index contributed by atoms with van der Waals surface area (Å²) in [5.74, 6) is -0.960. The molecule has 2 amide bonds. The minimum Gasteiger partial charge on any atom is -0.493 e. The highest BCUT2D eigenvalue weighted by atomic mass is 32.1. The lowest BCUT2D eigenvalue weighted by Crippen LogP contribution is -2.36. The van der Waals surface area contributed by atoms with Gasteiger partial charge < -0.3 is 19.9 Å². The molecule has 11 heteroatoms. The highest BCUT2D eigenvalue weighted by Gasteiger charge is 2.16. The van der Waals surface area contributed by atoms with Crippen molar-refractivity contribution in [3.05, 3.63) is 58.5 Å². The topological polar surface area (TPSA) is 100 Å². The van der Waals surface area contributed by atoms with E-state index in [4.69, 9.17) is 14.6 Å². The average Bonchev–Trinajstić information content (AvgIpc) is 3.15. The van der Waals surface area contributed by atoms with Crippen LogP contribution in [-0.4, -0.2) is 62.1 Å². The lowest BCUT2D eigenvalue weighted by Gasteiger charge is -2.13. The summed E-state index contributed by atoms with van der Waals surface area (Å²) in [4.78, 5) is 24.7. The molecule has 0 radical (unpaired) electrons. The molecule has 3 rings (SSSR count). The number of carbonyl (C=O) groups is 2. The van der Waals surface area contributed by atoms with Gasteiger partial charge in [-0.05, 0) is 24.3 Å². The van der Waals surface area contributed by atoms with Crippen LogP contribution in [0.3, 0.4) is 0 Å². The number of ether oxygens (including phenoxy) is 2. The first kappa shape index (κ1) is 24.1. The number of aliphatic hydroxyl groups excluding tert-OH is 1. The molecule has 3 aromatic rings. The van der Waals surface area contributed by atoms with Gasteiger partial charge >= 0.3 is 0 Å². The number of amides is 2. The number of thiophene rings is 1. The van der Waals surface area contributed by atoms with E-state index < -0.39 is 22.8 Å². The van der Waals surface area contributed by atoms with E-state index in [9.17, 15) is 18.4 Å². The van der Waals surface area contributed by atoms with Gasteiger partial charge in [0.05, 0.1) is 31.2 Å². The summed E-state index contributed by atoms with van der Waals surface area (Å²) in [6.45, 7) is -0.460. The molecule has 0 aliphatic carbocycles. The number of benzene rings is 2. The number of aliphatic hydroxyl groups is 1. The molecule has 0 aliphatic rings. The first-order valence-electron chi connectivity index (χ1n) is 9.72. The third-order valence-corrected chi connectivity index (χ3v) is 5.57. The van der Waals surface area contributed by atoms with Gasteiger partial charge in [0.25, 0.3) is 11.8 Å². The van der Waals surface area contributed by atoms with E-state index in [1.54, 1.807) is 6.07 Å². The second-order valence-electron chi connectivity index (χ2n) is 6.69. The third kappa shape index (κ3) is 5.62. The Labute approximate surface area is 192 Å². The first-order chi connectivity index (χ1) is 15.8. The van der Waals surface area contributed by atoms with Gasteiger partial charge in [-0.25, -0.2) is 9.40 Å². The lowest BCUT2D eigenvalue weighted by molar-refractivity contribution is -0.128. The first-order valence-corrected chi connectivity index (χ1v) is 10.5. The van der Waals surface area contributed by atoms with Gasteiger partial charge in [-0.15, -0.1) is 11.3 Å². The molecular formula is C22H21F2N3O5S. The van der Waals surface area contributed by atoms with E-state index in [0.717, 1.165) is 11.2 Å². The molecule has 0 saturated carbocycles. The molecular weight excluding hydrogens is 456 g/mol. The number of nitrogens with one attached hydrogen (secondary N) is 1. The summed E-state index contributed by atoms with van der Waals surface area (Å²) in [6.07, 6.45) is 1.14. The van der Waals surface area contributed by atoms with Gasteiger partial charge in [-0.1, -0.05) is 12.1 Å². The van der Waals surface area contributed by atoms with Crippen molar-refractivity contribution < 1.29 is 33.0 Å². The number of likely N-dealkylation sites (N-methyl/N-ethyl adjacent to an activating group) is 1. The van der Waals surface area contributed by atoms with Gasteiger partial charge in [0.1, 0.15) is 12.4 Å². The molecule has 8 nitrogen and oxygen atoms in total. The molecule has 2 aromatic carbocycles. The van der Waals surface area contributed by atoms with Gasteiger partial charge in [0.2, 0.25) is 0 Å². The zero-order chi connectivity index (χ0) is 24.0. The van der Waals surface area contributed by atoms with Crippen LogP contribution in [0.2, 0.25) is 0 Å². The SMILES string of the molecule is COc1cc(C(=O)NCC(=O)N(C)/N=C/c2c(F)sc3c(F)cccc23)ccc1OCCO. The van der Waals surface area contributed by atoms with Crippen molar-refractivity contribution >= 4 is 39.5 Å². The van der Waals surface area contributed by atoms with Gasteiger partial charge in [-0.2, -0.15) is 9.49 Å². The number of hydrogen-bond acceptors (Lipinski definition) is 7.